The predicted octanol–water partition coefficient (Wildman–Crippen LogP) is 4.70. The third kappa shape index (κ3) is 1.52. The smallest absolute Gasteiger partial charge is 0.155 e. The number of nitrogens with zero attached hydrogens (tertiary/aromatic N) is 4. The third-order valence-corrected chi connectivity index (χ3v) is 5.11. The summed E-state index contributed by atoms with van der Waals surface area (Å²) in [6.45, 7) is 0. The van der Waals surface area contributed by atoms with Crippen molar-refractivity contribution in [3.63, 3.8) is 0 Å². The number of hydrogen-bond acceptors (Lipinski definition) is 6. The summed E-state index contributed by atoms with van der Waals surface area (Å²) >= 11 is 0. The maximum Gasteiger partial charge on any atom is 0.155 e. The molecule has 7 rings (SSSR count). The zero-order chi connectivity index (χ0) is 17.5. The van der Waals surface area contributed by atoms with Crippen molar-refractivity contribution in [3.05, 3.63) is 49.3 Å². The molecule has 126 valence electrons. The number of aromatic nitrogens is 5. The Morgan fingerprint density at radius 3 is 1.67 bits per heavy atom. The van der Waals surface area contributed by atoms with Crippen molar-refractivity contribution < 1.29 is 8.83 Å². The number of H-pyrrole nitrogens is 1. The van der Waals surface area contributed by atoms with Crippen LogP contribution in [-0.2, 0) is 0 Å². The summed E-state index contributed by atoms with van der Waals surface area (Å²) in [5, 5.41) is 3.96. The van der Waals surface area contributed by atoms with Crippen LogP contribution in [0.1, 0.15) is 0 Å². The topological polar surface area (TPSA) is 93.6 Å². The van der Waals surface area contributed by atoms with Crippen molar-refractivity contribution in [3.8, 4) is 0 Å². The molecule has 7 heterocycles. The minimum Gasteiger partial charge on any atom is -0.453 e. The van der Waals surface area contributed by atoms with Crippen molar-refractivity contribution in [2.75, 3.05) is 0 Å². The molecule has 0 aliphatic carbocycles. The number of rotatable bonds is 0. The first-order valence-corrected chi connectivity index (χ1v) is 8.46. The van der Waals surface area contributed by atoms with Gasteiger partial charge in [-0.2, -0.15) is 0 Å². The fourth-order valence-corrected chi connectivity index (χ4v) is 3.98. The molecule has 0 aliphatic rings. The summed E-state index contributed by atoms with van der Waals surface area (Å²) in [5.41, 5.74) is 6.32. The van der Waals surface area contributed by atoms with Crippen molar-refractivity contribution in [2.24, 2.45) is 0 Å². The molecule has 0 unspecified atom stereocenters. The second kappa shape index (κ2) is 4.39. The molecule has 0 bridgehead atoms. The van der Waals surface area contributed by atoms with Crippen LogP contribution < -0.4 is 0 Å². The average Bonchev–Trinajstić information content (AvgIpc) is 3.37. The van der Waals surface area contributed by atoms with Crippen molar-refractivity contribution in [1.82, 2.24) is 24.9 Å². The van der Waals surface area contributed by atoms with E-state index in [1.807, 2.05) is 12.1 Å². The Labute approximate surface area is 149 Å². The molecule has 27 heavy (non-hydrogen) atoms. The number of nitrogens with one attached hydrogen (secondary N) is 1. The largest absolute Gasteiger partial charge is 0.453 e. The summed E-state index contributed by atoms with van der Waals surface area (Å²) in [6.07, 6.45) is 10.5. The van der Waals surface area contributed by atoms with E-state index >= 15 is 0 Å². The molecule has 0 aromatic carbocycles. The van der Waals surface area contributed by atoms with E-state index in [1.165, 1.54) is 0 Å². The lowest BCUT2D eigenvalue weighted by Gasteiger charge is -1.92. The van der Waals surface area contributed by atoms with Gasteiger partial charge in [0.1, 0.15) is 11.0 Å². The van der Waals surface area contributed by atoms with Crippen molar-refractivity contribution >= 4 is 65.9 Å². The highest BCUT2D eigenvalue weighted by Gasteiger charge is 2.19. The standard InChI is InChI=1S/C20H9N5O2/c1-3-21-5-11-9(1)15-13(26-11)7-23-19-17(15)25-18-16-10-2-4-22-6-12(10)27-14(16)8-24-20(18)19/h1-8,25H. The molecule has 0 aliphatic heterocycles. The zero-order valence-electron chi connectivity index (χ0n) is 13.7. The lowest BCUT2D eigenvalue weighted by Crippen LogP contribution is -1.78. The molecule has 7 heteroatoms. The van der Waals surface area contributed by atoms with Gasteiger partial charge >= 0.3 is 0 Å². The number of pyridine rings is 4. The lowest BCUT2D eigenvalue weighted by atomic mass is 10.1. The average molecular weight is 351 g/mol. The fourth-order valence-electron chi connectivity index (χ4n) is 3.98. The molecule has 0 saturated carbocycles. The molecule has 0 spiro atoms. The summed E-state index contributed by atoms with van der Waals surface area (Å²) in [6, 6.07) is 3.90. The molecular formula is C20H9N5O2. The third-order valence-electron chi connectivity index (χ3n) is 5.11. The first-order chi connectivity index (χ1) is 13.4. The van der Waals surface area contributed by atoms with Gasteiger partial charge in [-0.05, 0) is 12.1 Å². The maximum absolute atomic E-state index is 5.91. The van der Waals surface area contributed by atoms with Crippen LogP contribution in [0.5, 0.6) is 0 Å². The lowest BCUT2D eigenvalue weighted by molar-refractivity contribution is 0.665. The maximum atomic E-state index is 5.91. The van der Waals surface area contributed by atoms with Gasteiger partial charge in [-0.3, -0.25) is 9.97 Å². The Balaban J connectivity index is 1.78. The van der Waals surface area contributed by atoms with Crippen LogP contribution in [0.4, 0.5) is 0 Å². The van der Waals surface area contributed by atoms with Gasteiger partial charge in [-0.1, -0.05) is 0 Å². The highest BCUT2D eigenvalue weighted by Crippen LogP contribution is 2.38. The van der Waals surface area contributed by atoms with Crippen molar-refractivity contribution in [2.45, 2.75) is 0 Å². The second-order valence-electron chi connectivity index (χ2n) is 6.51. The number of aromatic amines is 1. The van der Waals surface area contributed by atoms with Gasteiger partial charge in [0.2, 0.25) is 0 Å². The van der Waals surface area contributed by atoms with Gasteiger partial charge in [-0.15, -0.1) is 0 Å². The summed E-state index contributed by atoms with van der Waals surface area (Å²) in [7, 11) is 0. The minimum absolute atomic E-state index is 0.717. The molecule has 7 aromatic rings. The van der Waals surface area contributed by atoms with E-state index in [1.54, 1.807) is 37.2 Å². The van der Waals surface area contributed by atoms with E-state index in [0.29, 0.717) is 0 Å². The second-order valence-corrected chi connectivity index (χ2v) is 6.51. The molecular weight excluding hydrogens is 342 g/mol. The van der Waals surface area contributed by atoms with Gasteiger partial charge in [0.05, 0.1) is 46.6 Å². The van der Waals surface area contributed by atoms with Crippen LogP contribution in [0.25, 0.3) is 65.9 Å². The zero-order valence-corrected chi connectivity index (χ0v) is 13.7. The number of hydrogen-bond donors (Lipinski definition) is 1. The van der Waals surface area contributed by atoms with E-state index in [0.717, 1.165) is 65.9 Å². The van der Waals surface area contributed by atoms with Crippen LogP contribution in [0.3, 0.4) is 0 Å². The summed E-state index contributed by atoms with van der Waals surface area (Å²) in [5.74, 6) is 0. The highest BCUT2D eigenvalue weighted by molar-refractivity contribution is 6.26. The SMILES string of the molecule is c1cc2c(cn1)oc1cnc3c4ncc5oc6cnccc6c5c4[nH]c3c12. The molecule has 1 N–H and O–H groups in total. The first kappa shape index (κ1) is 13.2. The molecule has 7 nitrogen and oxygen atoms in total. The van der Waals surface area contributed by atoms with Crippen LogP contribution in [0, 0.1) is 0 Å². The molecule has 0 atom stereocenters. The van der Waals surface area contributed by atoms with Crippen LogP contribution in [0.2, 0.25) is 0 Å². The number of fused-ring (bicyclic) bond motifs is 11. The van der Waals surface area contributed by atoms with Crippen LogP contribution >= 0.6 is 0 Å². The van der Waals surface area contributed by atoms with E-state index in [2.05, 4.69) is 24.9 Å². The quantitative estimate of drug-likeness (QED) is 0.426. The van der Waals surface area contributed by atoms with Gasteiger partial charge in [-0.25, -0.2) is 9.97 Å². The molecule has 0 radical (unpaired) electrons. The Kier molecular flexibility index (Phi) is 2.15. The monoisotopic (exact) mass is 351 g/mol. The molecule has 0 saturated heterocycles. The van der Waals surface area contributed by atoms with Crippen LogP contribution in [-0.4, -0.2) is 24.9 Å². The molecule has 0 fully saturated rings. The molecule has 0 amide bonds. The van der Waals surface area contributed by atoms with Gasteiger partial charge in [0, 0.05) is 23.2 Å². The van der Waals surface area contributed by atoms with Gasteiger partial charge < -0.3 is 13.8 Å². The first-order valence-electron chi connectivity index (χ1n) is 8.46. The Morgan fingerprint density at radius 2 is 1.15 bits per heavy atom. The summed E-state index contributed by atoms with van der Waals surface area (Å²) < 4.78 is 11.8. The van der Waals surface area contributed by atoms with E-state index in [9.17, 15) is 0 Å². The van der Waals surface area contributed by atoms with Crippen molar-refractivity contribution in [1.29, 1.82) is 0 Å². The van der Waals surface area contributed by atoms with E-state index in [-0.39, 0.29) is 0 Å². The van der Waals surface area contributed by atoms with Gasteiger partial charge in [0.25, 0.3) is 0 Å². The van der Waals surface area contributed by atoms with Gasteiger partial charge in [0.15, 0.2) is 22.3 Å². The normalized spacial score (nSPS) is 12.4. The Bertz CT molecular complexity index is 1560. The highest BCUT2D eigenvalue weighted by atomic mass is 16.3. The summed E-state index contributed by atoms with van der Waals surface area (Å²) in [4.78, 5) is 21.0. The number of furan rings is 2. The van der Waals surface area contributed by atoms with E-state index in [4.69, 9.17) is 8.83 Å². The van der Waals surface area contributed by atoms with E-state index < -0.39 is 0 Å². The predicted molar refractivity (Wildman–Crippen MR) is 102 cm³/mol. The Morgan fingerprint density at radius 1 is 0.630 bits per heavy atom. The Hall–Kier alpha value is -4.00. The fraction of sp³-hybridized carbons (Fsp3) is 0. The minimum atomic E-state index is 0.717. The molecule has 7 aromatic heterocycles. The van der Waals surface area contributed by atoms with Crippen LogP contribution in [0.15, 0.2) is 58.1 Å².